The number of halogens is 2. The number of carbonyl (C=O) groups is 1. The van der Waals surface area contributed by atoms with Crippen molar-refractivity contribution >= 4 is 57.8 Å². The fourth-order valence-corrected chi connectivity index (χ4v) is 5.70. The van der Waals surface area contributed by atoms with Gasteiger partial charge in [-0.15, -0.1) is 0 Å². The Bertz CT molecular complexity index is 1340. The zero-order chi connectivity index (χ0) is 25.9. The van der Waals surface area contributed by atoms with Crippen molar-refractivity contribution < 1.29 is 4.79 Å². The number of benzodiazepines with no additional fused rings is 1. The van der Waals surface area contributed by atoms with Gasteiger partial charge in [0.05, 0.1) is 11.4 Å². The molecule has 0 spiro atoms. The highest BCUT2D eigenvalue weighted by atomic mass is 35.5. The predicted octanol–water partition coefficient (Wildman–Crippen LogP) is 5.96. The van der Waals surface area contributed by atoms with Crippen LogP contribution in [-0.2, 0) is 11.2 Å². The van der Waals surface area contributed by atoms with Gasteiger partial charge in [0.2, 0.25) is 6.17 Å². The van der Waals surface area contributed by atoms with E-state index in [2.05, 4.69) is 40.5 Å². The number of likely N-dealkylation sites (N-methyl/N-ethyl adjacent to an activating group) is 1. The molecular weight excluding hydrogens is 523 g/mol. The van der Waals surface area contributed by atoms with E-state index in [1.807, 2.05) is 36.4 Å². The van der Waals surface area contributed by atoms with Gasteiger partial charge in [-0.1, -0.05) is 71.7 Å². The molecule has 3 aromatic rings. The Morgan fingerprint density at radius 3 is 2.43 bits per heavy atom. The number of aliphatic imine (C=N–C) groups is 1. The average molecular weight is 552 g/mol. The van der Waals surface area contributed by atoms with Crippen molar-refractivity contribution in [3.05, 3.63) is 99.5 Å². The first-order valence-electron chi connectivity index (χ1n) is 12.4. The molecular formula is C29H28Cl2N4OS. The summed E-state index contributed by atoms with van der Waals surface area (Å²) in [5, 5.41) is 4.89. The van der Waals surface area contributed by atoms with Gasteiger partial charge in [-0.3, -0.25) is 4.79 Å². The number of anilines is 1. The normalized spacial score (nSPS) is 18.2. The van der Waals surface area contributed by atoms with Gasteiger partial charge >= 0.3 is 0 Å². The zero-order valence-corrected chi connectivity index (χ0v) is 22.9. The van der Waals surface area contributed by atoms with Crippen LogP contribution in [0, 0.1) is 5.92 Å². The van der Waals surface area contributed by atoms with Crippen LogP contribution in [0.1, 0.15) is 29.5 Å². The zero-order valence-electron chi connectivity index (χ0n) is 20.5. The summed E-state index contributed by atoms with van der Waals surface area (Å²) < 4.78 is 0. The summed E-state index contributed by atoms with van der Waals surface area (Å²) in [5.41, 5.74) is 4.16. The molecule has 1 N–H and O–H groups in total. The molecule has 0 aromatic heterocycles. The third-order valence-corrected chi connectivity index (χ3v) is 8.00. The van der Waals surface area contributed by atoms with Gasteiger partial charge in [0, 0.05) is 41.3 Å². The SMILES string of the molecule is CN1C(=O)C(NC(=S)N2CCC(Cc3ccccc3)CC2)N=C(c2ccccc2Cl)c2cc(Cl)ccc21. The second kappa shape index (κ2) is 11.2. The molecule has 0 radical (unpaired) electrons. The predicted molar refractivity (Wildman–Crippen MR) is 156 cm³/mol. The Morgan fingerprint density at radius 2 is 1.70 bits per heavy atom. The van der Waals surface area contributed by atoms with Crippen LogP contribution in [-0.4, -0.2) is 47.9 Å². The summed E-state index contributed by atoms with van der Waals surface area (Å²) in [6.07, 6.45) is 2.28. The highest BCUT2D eigenvalue weighted by Gasteiger charge is 2.32. The Hall–Kier alpha value is -2.93. The fraction of sp³-hybridized carbons (Fsp3) is 0.276. The fourth-order valence-electron chi connectivity index (χ4n) is 5.00. The highest BCUT2D eigenvalue weighted by Crippen LogP contribution is 2.32. The number of benzene rings is 3. The summed E-state index contributed by atoms with van der Waals surface area (Å²) in [5.74, 6) is 0.420. The molecule has 190 valence electrons. The van der Waals surface area contributed by atoms with Crippen molar-refractivity contribution in [1.82, 2.24) is 10.2 Å². The first-order valence-corrected chi connectivity index (χ1v) is 13.6. The second-order valence-corrected chi connectivity index (χ2v) is 10.7. The highest BCUT2D eigenvalue weighted by molar-refractivity contribution is 7.80. The van der Waals surface area contributed by atoms with E-state index in [0.29, 0.717) is 32.5 Å². The van der Waals surface area contributed by atoms with E-state index < -0.39 is 6.17 Å². The summed E-state index contributed by atoms with van der Waals surface area (Å²) in [7, 11) is 1.74. The van der Waals surface area contributed by atoms with E-state index in [-0.39, 0.29) is 5.91 Å². The van der Waals surface area contributed by atoms with Crippen LogP contribution in [0.2, 0.25) is 10.0 Å². The molecule has 5 nitrogen and oxygen atoms in total. The molecule has 2 aliphatic rings. The molecule has 5 rings (SSSR count). The summed E-state index contributed by atoms with van der Waals surface area (Å²) in [6, 6.07) is 23.5. The third kappa shape index (κ3) is 5.66. The minimum absolute atomic E-state index is 0.202. The number of piperidine rings is 1. The van der Waals surface area contributed by atoms with Crippen molar-refractivity contribution in [3.8, 4) is 0 Å². The molecule has 3 aromatic carbocycles. The number of nitrogens with one attached hydrogen (secondary N) is 1. The molecule has 8 heteroatoms. The Morgan fingerprint density at radius 1 is 1.00 bits per heavy atom. The van der Waals surface area contributed by atoms with E-state index in [9.17, 15) is 4.79 Å². The van der Waals surface area contributed by atoms with E-state index in [0.717, 1.165) is 43.5 Å². The summed E-state index contributed by atoms with van der Waals surface area (Å²) in [6.45, 7) is 1.69. The van der Waals surface area contributed by atoms with Crippen LogP contribution in [0.25, 0.3) is 0 Å². The van der Waals surface area contributed by atoms with Crippen molar-refractivity contribution in [1.29, 1.82) is 0 Å². The van der Waals surface area contributed by atoms with Crippen LogP contribution >= 0.6 is 35.4 Å². The number of fused-ring (bicyclic) bond motifs is 1. The average Bonchev–Trinajstić information content (AvgIpc) is 3.00. The van der Waals surface area contributed by atoms with Crippen molar-refractivity contribution in [2.24, 2.45) is 10.9 Å². The minimum Gasteiger partial charge on any atom is -0.349 e. The standard InChI is InChI=1S/C29H28Cl2N4OS/c1-34-25-12-11-21(30)18-23(25)26(22-9-5-6-10-24(22)31)32-27(28(34)36)33-29(37)35-15-13-20(14-16-35)17-19-7-3-2-4-8-19/h2-12,18,20,27H,13-17H2,1H3,(H,33,37). The van der Waals surface area contributed by atoms with Gasteiger partial charge in [-0.2, -0.15) is 0 Å². The smallest absolute Gasteiger partial charge is 0.272 e. The minimum atomic E-state index is -0.892. The van der Waals surface area contributed by atoms with Gasteiger partial charge in [-0.05, 0) is 67.2 Å². The summed E-state index contributed by atoms with van der Waals surface area (Å²) >= 11 is 18.7. The molecule has 1 amide bonds. The molecule has 1 saturated heterocycles. The van der Waals surface area contributed by atoms with Crippen molar-refractivity contribution in [3.63, 3.8) is 0 Å². The number of amides is 1. The van der Waals surface area contributed by atoms with Crippen LogP contribution in [0.15, 0.2) is 77.8 Å². The third-order valence-electron chi connectivity index (χ3n) is 7.06. The Balaban J connectivity index is 1.36. The number of hydrogen-bond donors (Lipinski definition) is 1. The lowest BCUT2D eigenvalue weighted by atomic mass is 9.90. The largest absolute Gasteiger partial charge is 0.349 e. The van der Waals surface area contributed by atoms with Gasteiger partial charge < -0.3 is 15.1 Å². The number of rotatable bonds is 4. The maximum absolute atomic E-state index is 13.5. The number of hydrogen-bond acceptors (Lipinski definition) is 3. The molecule has 1 unspecified atom stereocenters. The van der Waals surface area contributed by atoms with Gasteiger partial charge in [-0.25, -0.2) is 4.99 Å². The number of thiocarbonyl (C=S) groups is 1. The van der Waals surface area contributed by atoms with Gasteiger partial charge in [0.1, 0.15) is 0 Å². The molecule has 0 bridgehead atoms. The first kappa shape index (κ1) is 25.7. The molecule has 2 aliphatic heterocycles. The first-order chi connectivity index (χ1) is 17.9. The maximum Gasteiger partial charge on any atom is 0.272 e. The quantitative estimate of drug-likeness (QED) is 0.407. The molecule has 37 heavy (non-hydrogen) atoms. The summed E-state index contributed by atoms with van der Waals surface area (Å²) in [4.78, 5) is 22.2. The van der Waals surface area contributed by atoms with Crippen molar-refractivity contribution in [2.45, 2.75) is 25.4 Å². The maximum atomic E-state index is 13.5. The number of nitrogens with zero attached hydrogens (tertiary/aromatic N) is 3. The Kier molecular flexibility index (Phi) is 7.79. The van der Waals surface area contributed by atoms with E-state index in [4.69, 9.17) is 40.4 Å². The molecule has 2 heterocycles. The van der Waals surface area contributed by atoms with Crippen LogP contribution in [0.5, 0.6) is 0 Å². The van der Waals surface area contributed by atoms with Crippen LogP contribution in [0.3, 0.4) is 0 Å². The monoisotopic (exact) mass is 550 g/mol. The number of likely N-dealkylation sites (tertiary alicyclic amines) is 1. The topological polar surface area (TPSA) is 47.9 Å². The second-order valence-electron chi connectivity index (χ2n) is 9.49. The van der Waals surface area contributed by atoms with E-state index in [1.165, 1.54) is 5.56 Å². The molecule has 0 saturated carbocycles. The lowest BCUT2D eigenvalue weighted by Crippen LogP contribution is -2.52. The van der Waals surface area contributed by atoms with Crippen LogP contribution in [0.4, 0.5) is 5.69 Å². The molecule has 1 atom stereocenters. The lowest BCUT2D eigenvalue weighted by molar-refractivity contribution is -0.119. The molecule has 1 fully saturated rings. The van der Waals surface area contributed by atoms with Gasteiger partial charge in [0.25, 0.3) is 5.91 Å². The lowest BCUT2D eigenvalue weighted by Gasteiger charge is -2.35. The number of carbonyl (C=O) groups excluding carboxylic acids is 1. The van der Waals surface area contributed by atoms with Crippen molar-refractivity contribution in [2.75, 3.05) is 25.0 Å². The van der Waals surface area contributed by atoms with E-state index >= 15 is 0 Å². The Labute approximate surface area is 233 Å². The molecule has 0 aliphatic carbocycles. The van der Waals surface area contributed by atoms with Crippen LogP contribution < -0.4 is 10.2 Å². The van der Waals surface area contributed by atoms with Gasteiger partial charge in [0.15, 0.2) is 5.11 Å². The van der Waals surface area contributed by atoms with E-state index in [1.54, 1.807) is 18.0 Å².